The fourth-order valence-corrected chi connectivity index (χ4v) is 1.22. The second-order valence-corrected chi connectivity index (χ2v) is 4.07. The monoisotopic (exact) mass is 259 g/mol. The van der Waals surface area contributed by atoms with E-state index in [1.807, 2.05) is 5.32 Å². The molecular formula is C9H13N3O6. The Hall–Kier alpha value is -2.16. The van der Waals surface area contributed by atoms with Gasteiger partial charge in [0.15, 0.2) is 5.60 Å². The number of piperazine rings is 1. The minimum absolute atomic E-state index is 0.299. The van der Waals surface area contributed by atoms with Gasteiger partial charge in [-0.15, -0.1) is 0 Å². The second-order valence-electron chi connectivity index (χ2n) is 4.07. The third kappa shape index (κ3) is 3.42. The molecule has 1 saturated heterocycles. The lowest BCUT2D eigenvalue weighted by Gasteiger charge is -2.27. The molecule has 1 fully saturated rings. The second kappa shape index (κ2) is 5.00. The minimum Gasteiger partial charge on any atom is -0.479 e. The van der Waals surface area contributed by atoms with E-state index >= 15 is 0 Å². The van der Waals surface area contributed by atoms with Crippen molar-refractivity contribution in [2.45, 2.75) is 12.5 Å². The minimum atomic E-state index is -2.11. The van der Waals surface area contributed by atoms with Crippen molar-refractivity contribution in [3.05, 3.63) is 0 Å². The van der Waals surface area contributed by atoms with E-state index in [1.165, 1.54) is 0 Å². The van der Waals surface area contributed by atoms with Gasteiger partial charge in [0, 0.05) is 0 Å². The highest BCUT2D eigenvalue weighted by molar-refractivity contribution is 6.02. The molecule has 9 heteroatoms. The highest BCUT2D eigenvalue weighted by Crippen LogP contribution is 2.02. The molecule has 1 aliphatic heterocycles. The molecule has 0 bridgehead atoms. The molecule has 1 heterocycles. The molecule has 1 rings (SSSR count). The van der Waals surface area contributed by atoms with Crippen molar-refractivity contribution in [1.29, 1.82) is 0 Å². The summed E-state index contributed by atoms with van der Waals surface area (Å²) < 4.78 is 0. The average Bonchev–Trinajstić information content (AvgIpc) is 2.24. The lowest BCUT2D eigenvalue weighted by molar-refractivity contribution is -0.155. The molecule has 0 saturated carbocycles. The number of amides is 4. The Labute approximate surface area is 102 Å². The predicted octanol–water partition coefficient (Wildman–Crippen LogP) is -2.51. The van der Waals surface area contributed by atoms with Gasteiger partial charge in [-0.2, -0.15) is 0 Å². The van der Waals surface area contributed by atoms with Crippen LogP contribution in [0.15, 0.2) is 0 Å². The van der Waals surface area contributed by atoms with E-state index in [-0.39, 0.29) is 13.1 Å². The zero-order valence-corrected chi connectivity index (χ0v) is 9.60. The van der Waals surface area contributed by atoms with E-state index in [1.54, 1.807) is 0 Å². The molecule has 1 aliphatic rings. The van der Waals surface area contributed by atoms with Crippen LogP contribution >= 0.6 is 0 Å². The van der Waals surface area contributed by atoms with Crippen LogP contribution in [0.5, 0.6) is 0 Å². The van der Waals surface area contributed by atoms with Crippen LogP contribution in [0.1, 0.15) is 6.92 Å². The summed E-state index contributed by atoms with van der Waals surface area (Å²) in [5.41, 5.74) is -2.11. The van der Waals surface area contributed by atoms with E-state index in [9.17, 15) is 24.3 Å². The molecule has 0 aromatic carbocycles. The van der Waals surface area contributed by atoms with E-state index < -0.39 is 36.0 Å². The zero-order valence-electron chi connectivity index (χ0n) is 9.60. The Morgan fingerprint density at radius 1 is 1.39 bits per heavy atom. The fourth-order valence-electron chi connectivity index (χ4n) is 1.22. The normalized spacial score (nSPS) is 18.9. The number of carboxylic acid groups (broad SMARTS) is 1. The SMILES string of the molecule is CC(O)(CNC(=O)N1CC(=O)NC(=O)C1)C(=O)O. The molecule has 0 radical (unpaired) electrons. The summed E-state index contributed by atoms with van der Waals surface area (Å²) in [6.45, 7) is -0.114. The molecular weight excluding hydrogens is 246 g/mol. The summed E-state index contributed by atoms with van der Waals surface area (Å²) in [7, 11) is 0. The molecule has 0 aromatic rings. The Balaban J connectivity index is 2.53. The van der Waals surface area contributed by atoms with Gasteiger partial charge in [-0.05, 0) is 6.92 Å². The maximum atomic E-state index is 11.5. The number of urea groups is 1. The van der Waals surface area contributed by atoms with E-state index in [0.29, 0.717) is 0 Å². The molecule has 1 unspecified atom stereocenters. The Morgan fingerprint density at radius 2 is 1.89 bits per heavy atom. The molecule has 4 amide bonds. The van der Waals surface area contributed by atoms with Gasteiger partial charge in [0.2, 0.25) is 11.8 Å². The topological polar surface area (TPSA) is 136 Å². The van der Waals surface area contributed by atoms with Gasteiger partial charge in [0.25, 0.3) is 0 Å². The number of imide groups is 1. The lowest BCUT2D eigenvalue weighted by Crippen LogP contribution is -2.57. The number of hydrogen-bond acceptors (Lipinski definition) is 5. The number of carbonyl (C=O) groups excluding carboxylic acids is 3. The number of nitrogens with zero attached hydrogens (tertiary/aromatic N) is 1. The first kappa shape index (κ1) is 13.9. The van der Waals surface area contributed by atoms with Crippen molar-refractivity contribution < 1.29 is 29.4 Å². The Bertz CT molecular complexity index is 389. The van der Waals surface area contributed by atoms with Crippen LogP contribution in [0.25, 0.3) is 0 Å². The van der Waals surface area contributed by atoms with Gasteiger partial charge >= 0.3 is 12.0 Å². The maximum Gasteiger partial charge on any atom is 0.337 e. The number of rotatable bonds is 3. The van der Waals surface area contributed by atoms with Crippen molar-refractivity contribution in [2.75, 3.05) is 19.6 Å². The number of nitrogens with one attached hydrogen (secondary N) is 2. The first-order chi connectivity index (χ1) is 8.22. The highest BCUT2D eigenvalue weighted by atomic mass is 16.4. The van der Waals surface area contributed by atoms with Crippen LogP contribution in [0, 0.1) is 0 Å². The quantitative estimate of drug-likeness (QED) is 0.413. The van der Waals surface area contributed by atoms with E-state index in [0.717, 1.165) is 11.8 Å². The number of carboxylic acids is 1. The summed E-state index contributed by atoms with van der Waals surface area (Å²) in [6.07, 6.45) is 0. The Morgan fingerprint density at radius 3 is 2.33 bits per heavy atom. The summed E-state index contributed by atoms with van der Waals surface area (Å²) in [4.78, 5) is 45.0. The van der Waals surface area contributed by atoms with Crippen LogP contribution in [0.4, 0.5) is 4.79 Å². The van der Waals surface area contributed by atoms with Gasteiger partial charge in [-0.1, -0.05) is 0 Å². The summed E-state index contributed by atoms with van der Waals surface area (Å²) >= 11 is 0. The largest absolute Gasteiger partial charge is 0.479 e. The highest BCUT2D eigenvalue weighted by Gasteiger charge is 2.32. The van der Waals surface area contributed by atoms with Gasteiger partial charge < -0.3 is 20.4 Å². The van der Waals surface area contributed by atoms with Crippen LogP contribution in [0.2, 0.25) is 0 Å². The summed E-state index contributed by atoms with van der Waals surface area (Å²) in [6, 6.07) is -0.792. The molecule has 1 atom stereocenters. The van der Waals surface area contributed by atoms with Crippen molar-refractivity contribution in [3.8, 4) is 0 Å². The first-order valence-electron chi connectivity index (χ1n) is 5.03. The molecule has 9 nitrogen and oxygen atoms in total. The molecule has 4 N–H and O–H groups in total. The zero-order chi connectivity index (χ0) is 13.9. The standard InChI is InChI=1S/C9H13N3O6/c1-9(18,7(15)16)4-10-8(17)12-2-5(13)11-6(14)3-12/h18H,2-4H2,1H3,(H,10,17)(H,15,16)(H,11,13,14). The van der Waals surface area contributed by atoms with Crippen molar-refractivity contribution in [1.82, 2.24) is 15.5 Å². The molecule has 100 valence electrons. The third-order valence-corrected chi connectivity index (χ3v) is 2.28. The molecule has 0 aliphatic carbocycles. The Kier molecular flexibility index (Phi) is 3.86. The number of aliphatic carboxylic acids is 1. The van der Waals surface area contributed by atoms with Crippen LogP contribution in [-0.2, 0) is 14.4 Å². The molecule has 18 heavy (non-hydrogen) atoms. The van der Waals surface area contributed by atoms with Gasteiger partial charge in [0.05, 0.1) is 6.54 Å². The fraction of sp³-hybridized carbons (Fsp3) is 0.556. The van der Waals surface area contributed by atoms with Gasteiger partial charge in [-0.3, -0.25) is 14.9 Å². The van der Waals surface area contributed by atoms with Crippen molar-refractivity contribution >= 4 is 23.8 Å². The van der Waals surface area contributed by atoms with Crippen molar-refractivity contribution in [2.24, 2.45) is 0 Å². The van der Waals surface area contributed by atoms with Gasteiger partial charge in [-0.25, -0.2) is 9.59 Å². The van der Waals surface area contributed by atoms with Gasteiger partial charge in [0.1, 0.15) is 13.1 Å². The number of carbonyl (C=O) groups is 4. The summed E-state index contributed by atoms with van der Waals surface area (Å²) in [5.74, 6) is -2.73. The van der Waals surface area contributed by atoms with Crippen molar-refractivity contribution in [3.63, 3.8) is 0 Å². The van der Waals surface area contributed by atoms with E-state index in [2.05, 4.69) is 5.32 Å². The van der Waals surface area contributed by atoms with Crippen LogP contribution in [0.3, 0.4) is 0 Å². The smallest absolute Gasteiger partial charge is 0.337 e. The lowest BCUT2D eigenvalue weighted by atomic mass is 10.1. The molecule has 0 spiro atoms. The van der Waals surface area contributed by atoms with Crippen LogP contribution in [-0.4, -0.2) is 64.2 Å². The van der Waals surface area contributed by atoms with Crippen LogP contribution < -0.4 is 10.6 Å². The maximum absolute atomic E-state index is 11.5. The summed E-state index contributed by atoms with van der Waals surface area (Å²) in [5, 5.41) is 22.1. The molecule has 0 aromatic heterocycles. The predicted molar refractivity (Wildman–Crippen MR) is 56.4 cm³/mol. The van der Waals surface area contributed by atoms with E-state index in [4.69, 9.17) is 5.11 Å². The average molecular weight is 259 g/mol. The third-order valence-electron chi connectivity index (χ3n) is 2.28. The first-order valence-corrected chi connectivity index (χ1v) is 5.03. The number of hydrogen-bond donors (Lipinski definition) is 4. The number of aliphatic hydroxyl groups is 1.